The molecule has 1 saturated carbocycles. The average Bonchev–Trinajstić information content (AvgIpc) is 3.33. The summed E-state index contributed by atoms with van der Waals surface area (Å²) in [6.07, 6.45) is 6.83. The Morgan fingerprint density at radius 2 is 2.06 bits per heavy atom. The molecule has 0 unspecified atom stereocenters. The summed E-state index contributed by atoms with van der Waals surface area (Å²) in [5.41, 5.74) is 3.37. The van der Waals surface area contributed by atoms with Crippen LogP contribution in [0.25, 0.3) is 16.9 Å². The summed E-state index contributed by atoms with van der Waals surface area (Å²) in [5.74, 6) is 0.687. The van der Waals surface area contributed by atoms with Gasteiger partial charge in [0.15, 0.2) is 11.5 Å². The molecule has 5 rings (SSSR count). The van der Waals surface area contributed by atoms with Gasteiger partial charge in [0.05, 0.1) is 27.9 Å². The molecule has 1 amide bonds. The van der Waals surface area contributed by atoms with E-state index in [0.29, 0.717) is 23.0 Å². The molecule has 0 aliphatic heterocycles. The summed E-state index contributed by atoms with van der Waals surface area (Å²) in [5, 5.41) is 12.7. The molecule has 0 bridgehead atoms. The number of carbonyl (C=O) groups excluding carboxylic acids is 1. The third kappa shape index (κ3) is 3.45. The van der Waals surface area contributed by atoms with Crippen molar-refractivity contribution in [3.63, 3.8) is 0 Å². The predicted molar refractivity (Wildman–Crippen MR) is 116 cm³/mol. The molecular weight excluding hydrogens is 392 g/mol. The maximum absolute atomic E-state index is 13.5. The fourth-order valence-electron chi connectivity index (χ4n) is 3.73. The largest absolute Gasteiger partial charge is 0.319 e. The number of pyridine rings is 2. The van der Waals surface area contributed by atoms with Crippen molar-refractivity contribution >= 4 is 22.6 Å². The van der Waals surface area contributed by atoms with Crippen molar-refractivity contribution < 1.29 is 4.79 Å². The van der Waals surface area contributed by atoms with Gasteiger partial charge in [-0.25, -0.2) is 24.3 Å². The van der Waals surface area contributed by atoms with Crippen molar-refractivity contribution in [3.8, 4) is 5.82 Å². The number of hydrogen-bond acceptors (Lipinski definition) is 6. The van der Waals surface area contributed by atoms with Crippen molar-refractivity contribution in [2.24, 2.45) is 0 Å². The molecular formula is C22H24N8O. The highest BCUT2D eigenvalue weighted by molar-refractivity contribution is 6.13. The molecule has 0 spiro atoms. The van der Waals surface area contributed by atoms with Crippen molar-refractivity contribution in [1.29, 1.82) is 0 Å². The van der Waals surface area contributed by atoms with E-state index in [2.05, 4.69) is 41.2 Å². The molecule has 0 radical (unpaired) electrons. The highest BCUT2D eigenvalue weighted by Crippen LogP contribution is 2.41. The van der Waals surface area contributed by atoms with E-state index in [0.717, 1.165) is 35.3 Å². The highest BCUT2D eigenvalue weighted by atomic mass is 16.1. The lowest BCUT2D eigenvalue weighted by molar-refractivity contribution is 0.102. The highest BCUT2D eigenvalue weighted by Gasteiger charge is 2.30. The van der Waals surface area contributed by atoms with Gasteiger partial charge in [-0.15, -0.1) is 0 Å². The van der Waals surface area contributed by atoms with E-state index in [4.69, 9.17) is 10.1 Å². The lowest BCUT2D eigenvalue weighted by Crippen LogP contribution is -2.24. The van der Waals surface area contributed by atoms with E-state index < -0.39 is 0 Å². The van der Waals surface area contributed by atoms with Crippen LogP contribution in [0.2, 0.25) is 0 Å². The van der Waals surface area contributed by atoms with Crippen LogP contribution in [0.15, 0.2) is 37.1 Å². The molecule has 1 aliphatic rings. The van der Waals surface area contributed by atoms with Crippen LogP contribution in [-0.2, 0) is 5.54 Å². The van der Waals surface area contributed by atoms with Crippen molar-refractivity contribution in [2.75, 3.05) is 5.32 Å². The zero-order valence-corrected chi connectivity index (χ0v) is 18.0. The number of hydrogen-bond donors (Lipinski definition) is 1. The quantitative estimate of drug-likeness (QED) is 0.545. The molecule has 4 heterocycles. The maximum Gasteiger partial charge on any atom is 0.256 e. The van der Waals surface area contributed by atoms with Crippen LogP contribution in [0.4, 0.5) is 5.69 Å². The fourth-order valence-corrected chi connectivity index (χ4v) is 3.73. The molecule has 9 nitrogen and oxygen atoms in total. The molecule has 31 heavy (non-hydrogen) atoms. The van der Waals surface area contributed by atoms with Crippen LogP contribution in [0.1, 0.15) is 61.3 Å². The van der Waals surface area contributed by atoms with Gasteiger partial charge in [0.25, 0.3) is 5.91 Å². The SMILES string of the molecule is Cc1nn(C(C)(C)C)c2nc(C3CC3)cc(C(=O)Nc3cccnc3-n3cncn3)c12. The van der Waals surface area contributed by atoms with Gasteiger partial charge in [-0.2, -0.15) is 10.2 Å². The van der Waals surface area contributed by atoms with Crippen LogP contribution in [-0.4, -0.2) is 40.4 Å². The van der Waals surface area contributed by atoms with Crippen molar-refractivity contribution in [3.05, 3.63) is 54.0 Å². The summed E-state index contributed by atoms with van der Waals surface area (Å²) in [4.78, 5) is 26.8. The Balaban J connectivity index is 1.62. The number of nitrogens with one attached hydrogen (secondary N) is 1. The average molecular weight is 416 g/mol. The molecule has 9 heteroatoms. The van der Waals surface area contributed by atoms with E-state index in [1.54, 1.807) is 24.7 Å². The minimum Gasteiger partial charge on any atom is -0.319 e. The Morgan fingerprint density at radius 3 is 2.74 bits per heavy atom. The lowest BCUT2D eigenvalue weighted by atomic mass is 10.1. The van der Waals surface area contributed by atoms with Crippen molar-refractivity contribution in [2.45, 2.75) is 52.0 Å². The van der Waals surface area contributed by atoms with Crippen LogP contribution >= 0.6 is 0 Å². The molecule has 158 valence electrons. The van der Waals surface area contributed by atoms with Gasteiger partial charge in [-0.1, -0.05) is 0 Å². The predicted octanol–water partition coefficient (Wildman–Crippen LogP) is 3.60. The number of aryl methyl sites for hydroxylation is 1. The number of carbonyl (C=O) groups is 1. The molecule has 0 aromatic carbocycles. The fraction of sp³-hybridized carbons (Fsp3) is 0.364. The number of aromatic nitrogens is 7. The number of rotatable bonds is 4. The molecule has 4 aromatic heterocycles. The number of anilines is 1. The molecule has 1 aliphatic carbocycles. The van der Waals surface area contributed by atoms with Crippen LogP contribution in [0.5, 0.6) is 0 Å². The van der Waals surface area contributed by atoms with Gasteiger partial charge in [0.1, 0.15) is 12.7 Å². The summed E-state index contributed by atoms with van der Waals surface area (Å²) in [7, 11) is 0. The Labute approximate surface area is 179 Å². The summed E-state index contributed by atoms with van der Waals surface area (Å²) in [6, 6.07) is 5.49. The molecule has 1 N–H and O–H groups in total. The van der Waals surface area contributed by atoms with E-state index in [-0.39, 0.29) is 11.4 Å². The second-order valence-electron chi connectivity index (χ2n) is 8.90. The van der Waals surface area contributed by atoms with Gasteiger partial charge in [-0.05, 0) is 58.7 Å². The first-order chi connectivity index (χ1) is 14.8. The molecule has 0 saturated heterocycles. The second-order valence-corrected chi connectivity index (χ2v) is 8.90. The van der Waals surface area contributed by atoms with E-state index in [1.807, 2.05) is 17.7 Å². The standard InChI is InChI=1S/C22H24N8O/c1-13-18-15(10-17(14-7-8-14)26-20(18)30(28-13)22(2,3)4)21(31)27-16-6-5-9-24-19(16)29-12-23-11-25-29/h5-6,9-12,14H,7-8H2,1-4H3,(H,27,31). The van der Waals surface area contributed by atoms with Crippen LogP contribution < -0.4 is 5.32 Å². The molecule has 0 atom stereocenters. The first-order valence-electron chi connectivity index (χ1n) is 10.3. The summed E-state index contributed by atoms with van der Waals surface area (Å²) >= 11 is 0. The van der Waals surface area contributed by atoms with Crippen LogP contribution in [0, 0.1) is 6.92 Å². The first kappa shape index (κ1) is 19.3. The summed E-state index contributed by atoms with van der Waals surface area (Å²) in [6.45, 7) is 8.18. The first-order valence-corrected chi connectivity index (χ1v) is 10.3. The smallest absolute Gasteiger partial charge is 0.256 e. The van der Waals surface area contributed by atoms with E-state index in [9.17, 15) is 4.79 Å². The lowest BCUT2D eigenvalue weighted by Gasteiger charge is -2.20. The van der Waals surface area contributed by atoms with Gasteiger partial charge in [0.2, 0.25) is 0 Å². The van der Waals surface area contributed by atoms with Gasteiger partial charge < -0.3 is 5.32 Å². The van der Waals surface area contributed by atoms with Gasteiger partial charge in [-0.3, -0.25) is 4.79 Å². The minimum atomic E-state index is -0.251. The topological polar surface area (TPSA) is 103 Å². The zero-order chi connectivity index (χ0) is 21.8. The Morgan fingerprint density at radius 1 is 1.26 bits per heavy atom. The van der Waals surface area contributed by atoms with E-state index >= 15 is 0 Å². The van der Waals surface area contributed by atoms with Gasteiger partial charge >= 0.3 is 0 Å². The number of fused-ring (bicyclic) bond motifs is 1. The Kier molecular flexibility index (Phi) is 4.35. The second kappa shape index (κ2) is 6.97. The normalized spacial score (nSPS) is 14.2. The Bertz CT molecular complexity index is 1280. The van der Waals surface area contributed by atoms with Crippen molar-refractivity contribution in [1.82, 2.24) is 34.5 Å². The third-order valence-corrected chi connectivity index (χ3v) is 5.38. The van der Waals surface area contributed by atoms with E-state index in [1.165, 1.54) is 11.0 Å². The monoisotopic (exact) mass is 416 g/mol. The minimum absolute atomic E-state index is 0.222. The van der Waals surface area contributed by atoms with Crippen LogP contribution in [0.3, 0.4) is 0 Å². The summed E-state index contributed by atoms with van der Waals surface area (Å²) < 4.78 is 3.45. The van der Waals surface area contributed by atoms with Gasteiger partial charge in [0, 0.05) is 17.8 Å². The number of amides is 1. The number of nitrogens with zero attached hydrogens (tertiary/aromatic N) is 7. The Hall–Kier alpha value is -3.62. The molecule has 4 aromatic rings. The molecule has 1 fully saturated rings. The zero-order valence-electron chi connectivity index (χ0n) is 18.0. The third-order valence-electron chi connectivity index (χ3n) is 5.38. The maximum atomic E-state index is 13.5.